The first-order valence-corrected chi connectivity index (χ1v) is 7.06. The molecule has 0 bridgehead atoms. The molecule has 0 aliphatic carbocycles. The normalized spacial score (nSPS) is 13.8. The quantitative estimate of drug-likeness (QED) is 0.762. The van der Waals surface area contributed by atoms with Crippen LogP contribution in [0.5, 0.6) is 0 Å². The number of fused-ring (bicyclic) bond motifs is 1. The summed E-state index contributed by atoms with van der Waals surface area (Å²) in [4.78, 5) is 0. The predicted molar refractivity (Wildman–Crippen MR) is 78.0 cm³/mol. The number of benzene rings is 1. The predicted octanol–water partition coefficient (Wildman–Crippen LogP) is 2.90. The van der Waals surface area contributed by atoms with Crippen LogP contribution >= 0.6 is 0 Å². The van der Waals surface area contributed by atoms with Gasteiger partial charge in [-0.3, -0.25) is 5.10 Å². The van der Waals surface area contributed by atoms with Crippen LogP contribution in [0, 0.1) is 5.95 Å². The van der Waals surface area contributed by atoms with Gasteiger partial charge in [0.1, 0.15) is 0 Å². The van der Waals surface area contributed by atoms with E-state index >= 15 is 0 Å². The zero-order valence-corrected chi connectivity index (χ0v) is 12.2. The molecule has 1 atom stereocenters. The number of rotatable bonds is 6. The maximum absolute atomic E-state index is 13.7. The maximum Gasteiger partial charge on any atom is 0.217 e. The summed E-state index contributed by atoms with van der Waals surface area (Å²) < 4.78 is 13.7. The Morgan fingerprint density at radius 1 is 1.40 bits per heavy atom. The van der Waals surface area contributed by atoms with Gasteiger partial charge in [-0.25, -0.2) is 0 Å². The van der Waals surface area contributed by atoms with Gasteiger partial charge in [0, 0.05) is 12.1 Å². The molecule has 0 fully saturated rings. The standard InChI is InChI=1S/C15H22FN3O/c1-4-15(3,5-2)17-9-12(20)10-7-6-8-11-13(10)14(16)19-18-11/h6-8,12,17,20H,4-5,9H2,1-3H3,(H,18,19)/t12-/m0/s1. The van der Waals surface area contributed by atoms with Crippen molar-refractivity contribution in [3.63, 3.8) is 0 Å². The molecule has 0 aliphatic rings. The van der Waals surface area contributed by atoms with E-state index in [2.05, 4.69) is 36.3 Å². The molecule has 0 spiro atoms. The van der Waals surface area contributed by atoms with Crippen LogP contribution in [0.1, 0.15) is 45.3 Å². The highest BCUT2D eigenvalue weighted by Crippen LogP contribution is 2.25. The number of aliphatic hydroxyl groups excluding tert-OH is 1. The smallest absolute Gasteiger partial charge is 0.217 e. The molecule has 1 heterocycles. The van der Waals surface area contributed by atoms with Crippen LogP contribution in [-0.4, -0.2) is 27.4 Å². The van der Waals surface area contributed by atoms with Gasteiger partial charge in [-0.15, -0.1) is 0 Å². The van der Waals surface area contributed by atoms with Gasteiger partial charge in [0.2, 0.25) is 5.95 Å². The molecule has 3 N–H and O–H groups in total. The first kappa shape index (κ1) is 14.9. The van der Waals surface area contributed by atoms with Crippen LogP contribution in [-0.2, 0) is 0 Å². The summed E-state index contributed by atoms with van der Waals surface area (Å²) >= 11 is 0. The van der Waals surface area contributed by atoms with E-state index < -0.39 is 12.1 Å². The third-order valence-electron chi connectivity index (χ3n) is 4.21. The summed E-state index contributed by atoms with van der Waals surface area (Å²) in [6.07, 6.45) is 1.18. The largest absolute Gasteiger partial charge is 0.387 e. The lowest BCUT2D eigenvalue weighted by molar-refractivity contribution is 0.157. The zero-order chi connectivity index (χ0) is 14.8. The van der Waals surface area contributed by atoms with E-state index in [9.17, 15) is 9.50 Å². The van der Waals surface area contributed by atoms with Crippen molar-refractivity contribution in [2.75, 3.05) is 6.54 Å². The van der Waals surface area contributed by atoms with Crippen molar-refractivity contribution in [3.05, 3.63) is 29.7 Å². The number of H-pyrrole nitrogens is 1. The number of aliphatic hydroxyl groups is 1. The van der Waals surface area contributed by atoms with Gasteiger partial charge in [-0.1, -0.05) is 26.0 Å². The molecule has 0 unspecified atom stereocenters. The van der Waals surface area contributed by atoms with E-state index in [0.717, 1.165) is 12.8 Å². The van der Waals surface area contributed by atoms with Crippen LogP contribution in [0.3, 0.4) is 0 Å². The number of aromatic amines is 1. The van der Waals surface area contributed by atoms with E-state index in [-0.39, 0.29) is 5.54 Å². The van der Waals surface area contributed by atoms with E-state index in [1.165, 1.54) is 0 Å². The van der Waals surface area contributed by atoms with E-state index in [4.69, 9.17) is 0 Å². The number of β-amino-alcohol motifs (C(OH)–C–C–N with tert-alkyl or cyclic N) is 1. The minimum Gasteiger partial charge on any atom is -0.387 e. The molecule has 2 rings (SSSR count). The molecule has 0 saturated carbocycles. The van der Waals surface area contributed by atoms with Crippen molar-refractivity contribution in [2.45, 2.75) is 45.3 Å². The van der Waals surface area contributed by atoms with E-state index in [0.29, 0.717) is 23.0 Å². The zero-order valence-electron chi connectivity index (χ0n) is 12.2. The Morgan fingerprint density at radius 2 is 2.10 bits per heavy atom. The molecule has 0 radical (unpaired) electrons. The van der Waals surface area contributed by atoms with E-state index in [1.54, 1.807) is 18.2 Å². The topological polar surface area (TPSA) is 60.9 Å². The number of nitrogens with zero attached hydrogens (tertiary/aromatic N) is 1. The third kappa shape index (κ3) is 2.83. The highest BCUT2D eigenvalue weighted by molar-refractivity contribution is 5.82. The summed E-state index contributed by atoms with van der Waals surface area (Å²) in [5.74, 6) is -0.497. The Bertz CT molecular complexity index is 578. The van der Waals surface area contributed by atoms with Crippen LogP contribution in [0.4, 0.5) is 4.39 Å². The Balaban J connectivity index is 2.19. The lowest BCUT2D eigenvalue weighted by Crippen LogP contribution is -2.43. The summed E-state index contributed by atoms with van der Waals surface area (Å²) in [6, 6.07) is 5.24. The van der Waals surface area contributed by atoms with Gasteiger partial charge < -0.3 is 10.4 Å². The Kier molecular flexibility index (Phi) is 4.40. The molecule has 4 nitrogen and oxygen atoms in total. The molecular weight excluding hydrogens is 257 g/mol. The van der Waals surface area contributed by atoms with Crippen LogP contribution < -0.4 is 5.32 Å². The lowest BCUT2D eigenvalue weighted by atomic mass is 9.94. The molecule has 5 heteroatoms. The molecule has 1 aromatic carbocycles. The highest BCUT2D eigenvalue weighted by atomic mass is 19.1. The SMILES string of the molecule is CCC(C)(CC)NC[C@H](O)c1cccc2n[nH]c(F)c12. The monoisotopic (exact) mass is 279 g/mol. The number of hydrogen-bond acceptors (Lipinski definition) is 3. The average Bonchev–Trinajstić information content (AvgIpc) is 2.86. The van der Waals surface area contributed by atoms with Gasteiger partial charge >= 0.3 is 0 Å². The first-order chi connectivity index (χ1) is 9.50. The molecule has 20 heavy (non-hydrogen) atoms. The summed E-state index contributed by atoms with van der Waals surface area (Å²) in [7, 11) is 0. The van der Waals surface area contributed by atoms with Crippen molar-refractivity contribution in [1.29, 1.82) is 0 Å². The average molecular weight is 279 g/mol. The van der Waals surface area contributed by atoms with Gasteiger partial charge in [0.25, 0.3) is 0 Å². The lowest BCUT2D eigenvalue weighted by Gasteiger charge is -2.29. The van der Waals surface area contributed by atoms with Crippen molar-refractivity contribution in [3.8, 4) is 0 Å². The molecular formula is C15H22FN3O. The maximum atomic E-state index is 13.7. The minimum atomic E-state index is -0.761. The van der Waals surface area contributed by atoms with Gasteiger partial charge in [0.15, 0.2) is 0 Å². The molecule has 110 valence electrons. The molecule has 1 aromatic heterocycles. The Labute approximate surface area is 118 Å². The Morgan fingerprint density at radius 3 is 2.75 bits per heavy atom. The van der Waals surface area contributed by atoms with E-state index in [1.807, 2.05) is 0 Å². The number of hydrogen-bond donors (Lipinski definition) is 3. The van der Waals surface area contributed by atoms with Crippen LogP contribution in [0.25, 0.3) is 10.9 Å². The van der Waals surface area contributed by atoms with Gasteiger partial charge in [0.05, 0.1) is 17.0 Å². The van der Waals surface area contributed by atoms with Crippen molar-refractivity contribution in [2.24, 2.45) is 0 Å². The van der Waals surface area contributed by atoms with Crippen molar-refractivity contribution >= 4 is 10.9 Å². The second-order valence-electron chi connectivity index (χ2n) is 5.44. The van der Waals surface area contributed by atoms with Crippen LogP contribution in [0.2, 0.25) is 0 Å². The molecule has 0 amide bonds. The summed E-state index contributed by atoms with van der Waals surface area (Å²) in [6.45, 7) is 6.74. The second kappa shape index (κ2) is 5.89. The number of nitrogens with one attached hydrogen (secondary N) is 2. The van der Waals surface area contributed by atoms with Crippen LogP contribution in [0.15, 0.2) is 18.2 Å². The number of aromatic nitrogens is 2. The fourth-order valence-corrected chi connectivity index (χ4v) is 2.29. The molecule has 0 aliphatic heterocycles. The fourth-order valence-electron chi connectivity index (χ4n) is 2.29. The highest BCUT2D eigenvalue weighted by Gasteiger charge is 2.22. The molecule has 2 aromatic rings. The minimum absolute atomic E-state index is 0.0101. The van der Waals surface area contributed by atoms with Gasteiger partial charge in [-0.05, 0) is 31.4 Å². The van der Waals surface area contributed by atoms with Gasteiger partial charge in [-0.2, -0.15) is 9.49 Å². The van der Waals surface area contributed by atoms with Crippen molar-refractivity contribution < 1.29 is 9.50 Å². The summed E-state index contributed by atoms with van der Waals surface area (Å²) in [5.41, 5.74) is 1.09. The fraction of sp³-hybridized carbons (Fsp3) is 0.533. The first-order valence-electron chi connectivity index (χ1n) is 7.06. The summed E-state index contributed by atoms with van der Waals surface area (Å²) in [5, 5.41) is 20.3. The second-order valence-corrected chi connectivity index (χ2v) is 5.44. The number of halogens is 1. The third-order valence-corrected chi connectivity index (χ3v) is 4.21. The Hall–Kier alpha value is -1.46. The van der Waals surface area contributed by atoms with Crippen molar-refractivity contribution in [1.82, 2.24) is 15.5 Å². The molecule has 0 saturated heterocycles.